The number of piperazine rings is 1. The number of carbonyl (C=O) groups excluding carboxylic acids is 1. The number of ether oxygens (including phenoxy) is 2. The van der Waals surface area contributed by atoms with Crippen LogP contribution in [0.3, 0.4) is 0 Å². The van der Waals surface area contributed by atoms with E-state index in [4.69, 9.17) is 9.47 Å². The van der Waals surface area contributed by atoms with Gasteiger partial charge in [-0.2, -0.15) is 0 Å². The van der Waals surface area contributed by atoms with Crippen LogP contribution >= 0.6 is 0 Å². The first-order chi connectivity index (χ1) is 22.2. The molecule has 2 heterocycles. The summed E-state index contributed by atoms with van der Waals surface area (Å²) in [5.41, 5.74) is 6.30. The van der Waals surface area contributed by atoms with E-state index in [1.54, 1.807) is 25.7 Å². The van der Waals surface area contributed by atoms with Crippen molar-refractivity contribution in [3.63, 3.8) is 0 Å². The van der Waals surface area contributed by atoms with Crippen molar-refractivity contribution in [1.82, 2.24) is 25.1 Å². The summed E-state index contributed by atoms with van der Waals surface area (Å²) in [5.74, 6) is 0.785. The maximum atomic E-state index is 13.2. The summed E-state index contributed by atoms with van der Waals surface area (Å²) in [6.07, 6.45) is 16.7. The second-order valence-corrected chi connectivity index (χ2v) is 13.2. The number of nitrogens with one attached hydrogen (secondary N) is 2. The van der Waals surface area contributed by atoms with Crippen LogP contribution in [-0.4, -0.2) is 71.6 Å². The highest BCUT2D eigenvalue weighted by Gasteiger charge is 2.51. The molecule has 9 nitrogen and oxygen atoms in total. The van der Waals surface area contributed by atoms with Crippen LogP contribution in [0.5, 0.6) is 0 Å². The number of methoxy groups -OCH3 is 1. The number of hydrogen-bond acceptors (Lipinski definition) is 7. The fraction of sp³-hybridized carbons (Fsp3) is 0.486. The number of imidazole rings is 1. The van der Waals surface area contributed by atoms with E-state index in [9.17, 15) is 4.79 Å². The van der Waals surface area contributed by atoms with E-state index in [1.165, 1.54) is 24.0 Å². The molecule has 1 atom stereocenters. The monoisotopic (exact) mass is 626 g/mol. The summed E-state index contributed by atoms with van der Waals surface area (Å²) in [4.78, 5) is 24.4. The van der Waals surface area contributed by atoms with Crippen LogP contribution in [0.4, 0.5) is 0 Å². The number of benzene rings is 1. The quantitative estimate of drug-likeness (QED) is 0.256. The molecule has 1 aromatic heterocycles. The van der Waals surface area contributed by atoms with E-state index < -0.39 is 5.60 Å². The molecule has 2 N–H and O–H groups in total. The Kier molecular flexibility index (Phi) is 10.6. The predicted octanol–water partition coefficient (Wildman–Crippen LogP) is 5.41. The molecule has 1 unspecified atom stereocenters. The highest BCUT2D eigenvalue weighted by Crippen LogP contribution is 2.45. The SMILES string of the molecule is C=C(OCC1(C)CC1)N1CCNCC1.C=C/C=C\N=C1CC=C(C(NC(=O)C2(OC)CC2)c2cncn2C)c2cc(C)ccc2C1. The third-order valence-electron chi connectivity index (χ3n) is 9.41. The first-order valence-corrected chi connectivity index (χ1v) is 16.4. The summed E-state index contributed by atoms with van der Waals surface area (Å²) in [5, 5.41) is 6.59. The molecule has 2 aromatic rings. The molecule has 0 radical (unpaired) electrons. The first-order valence-electron chi connectivity index (χ1n) is 16.4. The summed E-state index contributed by atoms with van der Waals surface area (Å²) in [6.45, 7) is 17.0. The lowest BCUT2D eigenvalue weighted by Crippen LogP contribution is -2.43. The Morgan fingerprint density at radius 3 is 2.63 bits per heavy atom. The largest absolute Gasteiger partial charge is 0.479 e. The molecule has 1 saturated heterocycles. The minimum atomic E-state index is -0.709. The lowest BCUT2D eigenvalue weighted by atomic mass is 9.91. The highest BCUT2D eigenvalue weighted by molar-refractivity contribution is 5.95. The van der Waals surface area contributed by atoms with Crippen LogP contribution in [0, 0.1) is 12.3 Å². The van der Waals surface area contributed by atoms with Crippen molar-refractivity contribution in [2.75, 3.05) is 39.9 Å². The van der Waals surface area contributed by atoms with E-state index in [2.05, 4.69) is 76.8 Å². The van der Waals surface area contributed by atoms with Crippen LogP contribution < -0.4 is 10.6 Å². The standard InChI is InChI=1S/C26H30N4O2.C11H20N2O/c1-5-6-13-28-20-9-10-21(22-14-18(2)7-8-19(22)15-20)24(23-16-27-17-30(23)3)29-25(31)26(32-4)11-12-26;1-10(13-7-5-12-6-8-13)14-9-11(2)3-4-11/h5-8,10,13-14,16-17,24H,1,9,11-12,15H2,2-4H3,(H,29,31);12H,1,3-9H2,2H3/b13-6-,28-20?;. The lowest BCUT2D eigenvalue weighted by Gasteiger charge is -2.30. The number of carbonyl (C=O) groups is 1. The van der Waals surface area contributed by atoms with Crippen molar-refractivity contribution in [3.8, 4) is 0 Å². The van der Waals surface area contributed by atoms with Crippen LogP contribution in [-0.2, 0) is 27.7 Å². The van der Waals surface area contributed by atoms with E-state index in [-0.39, 0.29) is 11.9 Å². The van der Waals surface area contributed by atoms with Crippen molar-refractivity contribution in [1.29, 1.82) is 0 Å². The number of nitrogens with zero attached hydrogens (tertiary/aromatic N) is 4. The molecule has 0 spiro atoms. The number of fused-ring (bicyclic) bond motifs is 1. The number of rotatable bonds is 11. The van der Waals surface area contributed by atoms with Crippen molar-refractivity contribution >= 4 is 17.2 Å². The molecule has 246 valence electrons. The minimum absolute atomic E-state index is 0.0756. The van der Waals surface area contributed by atoms with Gasteiger partial charge in [0.05, 0.1) is 30.9 Å². The van der Waals surface area contributed by atoms with Gasteiger partial charge in [0.2, 0.25) is 0 Å². The third-order valence-corrected chi connectivity index (χ3v) is 9.41. The van der Waals surface area contributed by atoms with Crippen molar-refractivity contribution in [2.24, 2.45) is 17.5 Å². The van der Waals surface area contributed by atoms with Gasteiger partial charge in [-0.05, 0) is 62.0 Å². The Labute approximate surface area is 274 Å². The first kappa shape index (κ1) is 33.4. The van der Waals surface area contributed by atoms with Crippen LogP contribution in [0.15, 0.2) is 79.2 Å². The Balaban J connectivity index is 0.000000247. The number of aromatic nitrogens is 2. The van der Waals surface area contributed by atoms with Gasteiger partial charge in [0, 0.05) is 70.5 Å². The van der Waals surface area contributed by atoms with Gasteiger partial charge in [-0.25, -0.2) is 4.98 Å². The zero-order valence-corrected chi connectivity index (χ0v) is 28.0. The molecule has 3 fully saturated rings. The molecule has 3 aliphatic carbocycles. The van der Waals surface area contributed by atoms with E-state index in [1.807, 2.05) is 23.9 Å². The molecule has 1 amide bonds. The smallest absolute Gasteiger partial charge is 0.253 e. The number of amides is 1. The van der Waals surface area contributed by atoms with Gasteiger partial charge in [0.1, 0.15) is 5.60 Å². The molecule has 2 saturated carbocycles. The molecule has 4 aliphatic rings. The number of aryl methyl sites for hydroxylation is 2. The lowest BCUT2D eigenvalue weighted by molar-refractivity contribution is -0.134. The molecular weight excluding hydrogens is 576 g/mol. The van der Waals surface area contributed by atoms with Crippen LogP contribution in [0.1, 0.15) is 67.5 Å². The van der Waals surface area contributed by atoms with Gasteiger partial charge < -0.3 is 29.6 Å². The molecule has 6 rings (SSSR count). The summed E-state index contributed by atoms with van der Waals surface area (Å²) in [7, 11) is 3.56. The Morgan fingerprint density at radius 2 is 2.00 bits per heavy atom. The maximum absolute atomic E-state index is 13.2. The molecule has 9 heteroatoms. The van der Waals surface area contributed by atoms with Crippen LogP contribution in [0.25, 0.3) is 5.57 Å². The Morgan fingerprint density at radius 1 is 1.24 bits per heavy atom. The Hall–Kier alpha value is -3.95. The number of aliphatic imine (C=N–C) groups is 1. The number of hydrogen-bond donors (Lipinski definition) is 2. The van der Waals surface area contributed by atoms with Crippen molar-refractivity contribution in [2.45, 2.75) is 64.0 Å². The van der Waals surface area contributed by atoms with Crippen molar-refractivity contribution in [3.05, 3.63) is 96.6 Å². The second kappa shape index (κ2) is 14.6. The highest BCUT2D eigenvalue weighted by atomic mass is 16.5. The van der Waals surface area contributed by atoms with Crippen LogP contribution in [0.2, 0.25) is 0 Å². The van der Waals surface area contributed by atoms with E-state index >= 15 is 0 Å². The third kappa shape index (κ3) is 8.25. The predicted molar refractivity (Wildman–Crippen MR) is 184 cm³/mol. The molecule has 1 aliphatic heterocycles. The Bertz CT molecular complexity index is 1500. The van der Waals surface area contributed by atoms with Gasteiger partial charge in [0.25, 0.3) is 5.91 Å². The van der Waals surface area contributed by atoms with Gasteiger partial charge in [-0.1, -0.05) is 49.4 Å². The van der Waals surface area contributed by atoms with Crippen molar-refractivity contribution < 1.29 is 14.3 Å². The fourth-order valence-electron chi connectivity index (χ4n) is 5.80. The normalized spacial score (nSPS) is 20.8. The summed E-state index contributed by atoms with van der Waals surface area (Å²) in [6, 6.07) is 6.14. The zero-order chi connectivity index (χ0) is 32.7. The number of allylic oxidation sites excluding steroid dienone is 3. The summed E-state index contributed by atoms with van der Waals surface area (Å²) < 4.78 is 13.2. The average molecular weight is 627 g/mol. The average Bonchev–Trinajstić information content (AvgIpc) is 3.98. The van der Waals surface area contributed by atoms with Gasteiger partial charge in [-0.3, -0.25) is 9.79 Å². The minimum Gasteiger partial charge on any atom is -0.479 e. The molecular formula is C37H50N6O3. The fourth-order valence-corrected chi connectivity index (χ4v) is 5.80. The van der Waals surface area contributed by atoms with Gasteiger partial charge in [-0.15, -0.1) is 0 Å². The topological polar surface area (TPSA) is 93.0 Å². The maximum Gasteiger partial charge on any atom is 0.253 e. The molecule has 1 aromatic carbocycles. The molecule has 46 heavy (non-hydrogen) atoms. The molecule has 0 bridgehead atoms. The van der Waals surface area contributed by atoms with Gasteiger partial charge in [0.15, 0.2) is 5.88 Å². The summed E-state index contributed by atoms with van der Waals surface area (Å²) >= 11 is 0. The van der Waals surface area contributed by atoms with Gasteiger partial charge >= 0.3 is 0 Å². The second-order valence-electron chi connectivity index (χ2n) is 13.2. The zero-order valence-electron chi connectivity index (χ0n) is 28.0. The van der Waals surface area contributed by atoms with E-state index in [0.717, 1.165) is 80.5 Å². The van der Waals surface area contributed by atoms with E-state index in [0.29, 0.717) is 11.8 Å².